The highest BCUT2D eigenvalue weighted by molar-refractivity contribution is 5.99. The van der Waals surface area contributed by atoms with Gasteiger partial charge in [0.05, 0.1) is 7.11 Å². The number of carbonyl (C=O) groups excluding carboxylic acids is 2. The average molecular weight is 366 g/mol. The monoisotopic (exact) mass is 366 g/mol. The van der Waals surface area contributed by atoms with E-state index in [4.69, 9.17) is 10.5 Å². The molecule has 2 amide bonds. The summed E-state index contributed by atoms with van der Waals surface area (Å²) >= 11 is 0. The summed E-state index contributed by atoms with van der Waals surface area (Å²) in [4.78, 5) is 25.0. The van der Waals surface area contributed by atoms with Crippen LogP contribution in [0.2, 0.25) is 0 Å². The van der Waals surface area contributed by atoms with Crippen LogP contribution in [0.5, 0.6) is 5.75 Å². The van der Waals surface area contributed by atoms with Crippen LogP contribution >= 0.6 is 0 Å². The maximum absolute atomic E-state index is 12.9. The molecule has 0 aromatic heterocycles. The quantitative estimate of drug-likeness (QED) is 0.792. The number of primary amides is 1. The van der Waals surface area contributed by atoms with E-state index in [2.05, 4.69) is 5.32 Å². The molecule has 0 spiro atoms. The van der Waals surface area contributed by atoms with Crippen LogP contribution in [0.4, 0.5) is 0 Å². The summed E-state index contributed by atoms with van der Waals surface area (Å²) in [6, 6.07) is 15.1. The molecular formula is C22H26N2O3. The molecule has 1 saturated carbocycles. The number of methoxy groups -OCH3 is 1. The molecule has 1 aliphatic rings. The molecule has 3 N–H and O–H groups in total. The molecular weight excluding hydrogens is 340 g/mol. The summed E-state index contributed by atoms with van der Waals surface area (Å²) in [5.74, 6) is 0.0515. The van der Waals surface area contributed by atoms with Crippen molar-refractivity contribution in [1.82, 2.24) is 5.32 Å². The van der Waals surface area contributed by atoms with E-state index in [0.717, 1.165) is 42.6 Å². The molecule has 0 heterocycles. The van der Waals surface area contributed by atoms with E-state index in [1.165, 1.54) is 0 Å². The van der Waals surface area contributed by atoms with Crippen molar-refractivity contribution in [1.29, 1.82) is 0 Å². The minimum Gasteiger partial charge on any atom is -0.497 e. The first-order chi connectivity index (χ1) is 13.0. The van der Waals surface area contributed by atoms with E-state index in [9.17, 15) is 9.59 Å². The molecule has 3 rings (SSSR count). The highest BCUT2D eigenvalue weighted by atomic mass is 16.5. The Morgan fingerprint density at radius 2 is 1.59 bits per heavy atom. The molecule has 0 unspecified atom stereocenters. The van der Waals surface area contributed by atoms with Crippen molar-refractivity contribution in [3.63, 3.8) is 0 Å². The van der Waals surface area contributed by atoms with Crippen LogP contribution in [0.15, 0.2) is 48.5 Å². The fourth-order valence-corrected chi connectivity index (χ4v) is 3.70. The lowest BCUT2D eigenvalue weighted by Crippen LogP contribution is -2.57. The second kappa shape index (κ2) is 8.25. The number of nitrogens with one attached hydrogen (secondary N) is 1. The zero-order valence-electron chi connectivity index (χ0n) is 15.7. The number of benzene rings is 2. The van der Waals surface area contributed by atoms with Gasteiger partial charge in [0, 0.05) is 5.56 Å². The van der Waals surface area contributed by atoms with Gasteiger partial charge in [-0.2, -0.15) is 0 Å². The molecule has 0 radical (unpaired) electrons. The normalized spacial score (nSPS) is 16.2. The minimum atomic E-state index is -0.945. The van der Waals surface area contributed by atoms with Crippen molar-refractivity contribution in [2.24, 2.45) is 5.73 Å². The predicted octanol–water partition coefficient (Wildman–Crippen LogP) is 3.67. The largest absolute Gasteiger partial charge is 0.497 e. The first-order valence-electron chi connectivity index (χ1n) is 9.41. The zero-order chi connectivity index (χ0) is 19.3. The van der Waals surface area contributed by atoms with Crippen LogP contribution in [-0.4, -0.2) is 24.5 Å². The number of ether oxygens (including phenoxy) is 1. The maximum Gasteiger partial charge on any atom is 0.252 e. The fourth-order valence-electron chi connectivity index (χ4n) is 3.70. The van der Waals surface area contributed by atoms with Crippen molar-refractivity contribution in [3.05, 3.63) is 54.1 Å². The number of amides is 2. The number of hydrogen-bond acceptors (Lipinski definition) is 3. The summed E-state index contributed by atoms with van der Waals surface area (Å²) < 4.78 is 5.28. The Balaban J connectivity index is 1.85. The summed E-state index contributed by atoms with van der Waals surface area (Å²) in [6.45, 7) is 0. The lowest BCUT2D eigenvalue weighted by atomic mass is 9.88. The Kier molecular flexibility index (Phi) is 5.79. The van der Waals surface area contributed by atoms with Crippen molar-refractivity contribution >= 4 is 11.8 Å². The van der Waals surface area contributed by atoms with E-state index < -0.39 is 11.4 Å². The van der Waals surface area contributed by atoms with Crippen molar-refractivity contribution in [2.75, 3.05) is 7.11 Å². The second-order valence-electron chi connectivity index (χ2n) is 7.13. The van der Waals surface area contributed by atoms with E-state index in [0.29, 0.717) is 18.4 Å². The highest BCUT2D eigenvalue weighted by Crippen LogP contribution is 2.28. The van der Waals surface area contributed by atoms with Gasteiger partial charge in [-0.1, -0.05) is 49.9 Å². The van der Waals surface area contributed by atoms with Crippen LogP contribution in [0.25, 0.3) is 11.1 Å². The second-order valence-corrected chi connectivity index (χ2v) is 7.13. The van der Waals surface area contributed by atoms with Gasteiger partial charge in [0.15, 0.2) is 0 Å². The molecule has 1 fully saturated rings. The molecule has 0 saturated heterocycles. The van der Waals surface area contributed by atoms with E-state index in [-0.39, 0.29) is 5.91 Å². The van der Waals surface area contributed by atoms with Crippen molar-refractivity contribution < 1.29 is 14.3 Å². The molecule has 5 nitrogen and oxygen atoms in total. The lowest BCUT2D eigenvalue weighted by molar-refractivity contribution is -0.124. The molecule has 142 valence electrons. The Morgan fingerprint density at radius 1 is 0.963 bits per heavy atom. The minimum absolute atomic E-state index is 0.263. The van der Waals surface area contributed by atoms with Crippen LogP contribution in [0.1, 0.15) is 48.9 Å². The zero-order valence-corrected chi connectivity index (χ0v) is 15.7. The van der Waals surface area contributed by atoms with Gasteiger partial charge >= 0.3 is 0 Å². The number of hydrogen-bond donors (Lipinski definition) is 2. The molecule has 0 aliphatic heterocycles. The summed E-state index contributed by atoms with van der Waals surface area (Å²) in [6.07, 6.45) is 5.12. The van der Waals surface area contributed by atoms with Crippen LogP contribution in [-0.2, 0) is 4.79 Å². The maximum atomic E-state index is 12.9. The third-order valence-electron chi connectivity index (χ3n) is 5.31. The van der Waals surface area contributed by atoms with Gasteiger partial charge in [-0.3, -0.25) is 9.59 Å². The van der Waals surface area contributed by atoms with Crippen LogP contribution in [0.3, 0.4) is 0 Å². The highest BCUT2D eigenvalue weighted by Gasteiger charge is 2.38. The van der Waals surface area contributed by atoms with Gasteiger partial charge in [-0.25, -0.2) is 0 Å². The van der Waals surface area contributed by atoms with Crippen molar-refractivity contribution in [3.8, 4) is 16.9 Å². The summed E-state index contributed by atoms with van der Waals surface area (Å²) in [5, 5.41) is 2.95. The summed E-state index contributed by atoms with van der Waals surface area (Å²) in [7, 11) is 1.62. The van der Waals surface area contributed by atoms with Gasteiger partial charge < -0.3 is 15.8 Å². The predicted molar refractivity (Wildman–Crippen MR) is 106 cm³/mol. The van der Waals surface area contributed by atoms with E-state index in [1.54, 1.807) is 13.2 Å². The Hall–Kier alpha value is -2.82. The first kappa shape index (κ1) is 19.0. The van der Waals surface area contributed by atoms with Gasteiger partial charge in [0.2, 0.25) is 5.91 Å². The Labute approximate surface area is 159 Å². The topological polar surface area (TPSA) is 81.4 Å². The number of rotatable bonds is 5. The van der Waals surface area contributed by atoms with Crippen LogP contribution in [0, 0.1) is 0 Å². The fraction of sp³-hybridized carbons (Fsp3) is 0.364. The van der Waals surface area contributed by atoms with E-state index in [1.807, 2.05) is 42.5 Å². The SMILES string of the molecule is COc1cccc(-c2cccc(C(=O)NC3(C(N)=O)CCCCCC3)c2)c1. The van der Waals surface area contributed by atoms with Gasteiger partial charge in [0.1, 0.15) is 11.3 Å². The van der Waals surface area contributed by atoms with Gasteiger partial charge in [-0.05, 0) is 48.2 Å². The third kappa shape index (κ3) is 4.30. The smallest absolute Gasteiger partial charge is 0.252 e. The summed E-state index contributed by atoms with van der Waals surface area (Å²) in [5.41, 5.74) is 7.13. The Bertz CT molecular complexity index is 824. The molecule has 0 bridgehead atoms. The molecule has 2 aromatic carbocycles. The standard InChI is InChI=1S/C22H26N2O3/c1-27-19-11-7-9-17(15-19)16-8-6-10-18(14-16)20(25)24-22(21(23)26)12-4-2-3-5-13-22/h6-11,14-15H,2-5,12-13H2,1H3,(H2,23,26)(H,24,25). The van der Waals surface area contributed by atoms with Gasteiger partial charge in [0.25, 0.3) is 5.91 Å². The number of carbonyl (C=O) groups is 2. The molecule has 0 atom stereocenters. The number of nitrogens with two attached hydrogens (primary N) is 1. The lowest BCUT2D eigenvalue weighted by Gasteiger charge is -2.30. The molecule has 1 aliphatic carbocycles. The molecule has 5 heteroatoms. The molecule has 27 heavy (non-hydrogen) atoms. The van der Waals surface area contributed by atoms with Crippen LogP contribution < -0.4 is 15.8 Å². The Morgan fingerprint density at radius 3 is 2.22 bits per heavy atom. The molecule has 2 aromatic rings. The van der Waals surface area contributed by atoms with E-state index >= 15 is 0 Å². The third-order valence-corrected chi connectivity index (χ3v) is 5.31. The average Bonchev–Trinajstić information content (AvgIpc) is 2.94. The van der Waals surface area contributed by atoms with Gasteiger partial charge in [-0.15, -0.1) is 0 Å². The first-order valence-corrected chi connectivity index (χ1v) is 9.41. The van der Waals surface area contributed by atoms with Crippen molar-refractivity contribution in [2.45, 2.75) is 44.1 Å².